The second-order valence-electron chi connectivity index (χ2n) is 8.01. The number of anilines is 3. The molecule has 0 saturated carbocycles. The molecular weight excluding hydrogens is 374 g/mol. The average Bonchev–Trinajstić information content (AvgIpc) is 3.22. The van der Waals surface area contributed by atoms with E-state index in [1.165, 1.54) is 44.9 Å². The minimum atomic E-state index is -1.14. The van der Waals surface area contributed by atoms with Crippen molar-refractivity contribution in [1.82, 2.24) is 9.97 Å². The van der Waals surface area contributed by atoms with Crippen LogP contribution >= 0.6 is 0 Å². The van der Waals surface area contributed by atoms with Crippen molar-refractivity contribution in [2.45, 2.75) is 82.8 Å². The van der Waals surface area contributed by atoms with Crippen LogP contribution in [0.2, 0.25) is 0 Å². The summed E-state index contributed by atoms with van der Waals surface area (Å²) in [5.74, 6) is 0.982. The highest BCUT2D eigenvalue weighted by molar-refractivity contribution is 5.81. The first-order chi connectivity index (χ1) is 14.1. The van der Waals surface area contributed by atoms with Gasteiger partial charge < -0.3 is 35.6 Å². The van der Waals surface area contributed by atoms with Crippen LogP contribution in [0.25, 0.3) is 0 Å². The molecule has 0 bridgehead atoms. The Hall–Kier alpha value is -1.68. The van der Waals surface area contributed by atoms with E-state index in [1.54, 1.807) is 4.90 Å². The Morgan fingerprint density at radius 2 is 1.76 bits per heavy atom. The third-order valence-electron chi connectivity index (χ3n) is 5.85. The van der Waals surface area contributed by atoms with Crippen LogP contribution in [0.4, 0.5) is 17.3 Å². The van der Waals surface area contributed by atoms with Crippen molar-refractivity contribution in [2.24, 2.45) is 0 Å². The molecule has 29 heavy (non-hydrogen) atoms. The van der Waals surface area contributed by atoms with E-state index in [2.05, 4.69) is 21.8 Å². The summed E-state index contributed by atoms with van der Waals surface area (Å²) >= 11 is 0. The van der Waals surface area contributed by atoms with Crippen LogP contribution in [0.3, 0.4) is 0 Å². The second-order valence-corrected chi connectivity index (χ2v) is 8.01. The van der Waals surface area contributed by atoms with Crippen molar-refractivity contribution in [3.63, 3.8) is 0 Å². The molecule has 4 atom stereocenters. The zero-order chi connectivity index (χ0) is 20.8. The Morgan fingerprint density at radius 1 is 1.07 bits per heavy atom. The van der Waals surface area contributed by atoms with Crippen LogP contribution < -0.4 is 15.5 Å². The quantitative estimate of drug-likeness (QED) is 0.399. The number of rotatable bonds is 11. The molecule has 3 heterocycles. The Kier molecular flexibility index (Phi) is 7.88. The lowest BCUT2D eigenvalue weighted by atomic mass is 10.1. The molecule has 0 aliphatic carbocycles. The van der Waals surface area contributed by atoms with Crippen LogP contribution in [0.5, 0.6) is 0 Å². The normalized spacial score (nSPS) is 26.3. The minimum absolute atomic E-state index is 0.358. The number of ether oxygens (including phenoxy) is 1. The van der Waals surface area contributed by atoms with Gasteiger partial charge in [0.25, 0.3) is 0 Å². The fourth-order valence-corrected chi connectivity index (χ4v) is 4.18. The molecule has 5 N–H and O–H groups in total. The number of nitrogens with two attached hydrogens (primary N) is 1. The van der Waals surface area contributed by atoms with Crippen molar-refractivity contribution in [1.29, 1.82) is 0 Å². The van der Waals surface area contributed by atoms with Crippen LogP contribution in [0.15, 0.2) is 6.33 Å². The first kappa shape index (κ1) is 22.0. The van der Waals surface area contributed by atoms with E-state index < -0.39 is 24.5 Å². The summed E-state index contributed by atoms with van der Waals surface area (Å²) in [6.07, 6.45) is 7.40. The van der Waals surface area contributed by atoms with Crippen LogP contribution in [-0.4, -0.2) is 69.6 Å². The third kappa shape index (κ3) is 4.91. The Balaban J connectivity index is 1.58. The number of aliphatic hydroxyl groups excluding tert-OH is 3. The summed E-state index contributed by atoms with van der Waals surface area (Å²) in [6.45, 7) is 3.13. The van der Waals surface area contributed by atoms with Crippen molar-refractivity contribution < 1.29 is 20.1 Å². The summed E-state index contributed by atoms with van der Waals surface area (Å²) in [5, 5.41) is 29.9. The lowest BCUT2D eigenvalue weighted by molar-refractivity contribution is -0.0222. The molecule has 0 aromatic carbocycles. The predicted octanol–water partition coefficient (Wildman–Crippen LogP) is 1.22. The highest BCUT2D eigenvalue weighted by Gasteiger charge is 2.48. The van der Waals surface area contributed by atoms with E-state index >= 15 is 0 Å². The van der Waals surface area contributed by atoms with Gasteiger partial charge in [0, 0.05) is 6.54 Å². The predicted molar refractivity (Wildman–Crippen MR) is 112 cm³/mol. The summed E-state index contributed by atoms with van der Waals surface area (Å²) in [7, 11) is 0. The van der Waals surface area contributed by atoms with E-state index in [1.807, 2.05) is 0 Å². The molecule has 1 saturated heterocycles. The van der Waals surface area contributed by atoms with E-state index in [-0.39, 0.29) is 6.61 Å². The monoisotopic (exact) mass is 409 g/mol. The van der Waals surface area contributed by atoms with Gasteiger partial charge in [-0.05, 0) is 6.42 Å². The Morgan fingerprint density at radius 3 is 2.41 bits per heavy atom. The Labute approximate surface area is 172 Å². The van der Waals surface area contributed by atoms with Crippen molar-refractivity contribution in [2.75, 3.05) is 35.4 Å². The van der Waals surface area contributed by atoms with E-state index in [0.29, 0.717) is 18.3 Å². The number of nitrogen functional groups attached to an aromatic ring is 1. The molecule has 1 aromatic heterocycles. The lowest BCUT2D eigenvalue weighted by Crippen LogP contribution is -2.46. The molecular formula is C20H35N5O4. The van der Waals surface area contributed by atoms with Crippen LogP contribution in [0, 0.1) is 0 Å². The lowest BCUT2D eigenvalue weighted by Gasteiger charge is -2.28. The summed E-state index contributed by atoms with van der Waals surface area (Å²) in [6, 6.07) is 0. The van der Waals surface area contributed by atoms with Crippen LogP contribution in [-0.2, 0) is 4.74 Å². The van der Waals surface area contributed by atoms with Crippen molar-refractivity contribution in [3.05, 3.63) is 6.33 Å². The maximum absolute atomic E-state index is 10.4. The zero-order valence-corrected chi connectivity index (χ0v) is 17.3. The van der Waals surface area contributed by atoms with Gasteiger partial charge in [0.05, 0.1) is 13.3 Å². The van der Waals surface area contributed by atoms with E-state index in [9.17, 15) is 15.3 Å². The zero-order valence-electron chi connectivity index (χ0n) is 17.3. The fraction of sp³-hybridized carbons (Fsp3) is 0.800. The second kappa shape index (κ2) is 10.4. The fourth-order valence-electron chi connectivity index (χ4n) is 4.18. The molecule has 9 heteroatoms. The van der Waals surface area contributed by atoms with Gasteiger partial charge >= 0.3 is 0 Å². The van der Waals surface area contributed by atoms with Gasteiger partial charge in [-0.1, -0.05) is 51.9 Å². The van der Waals surface area contributed by atoms with E-state index in [4.69, 9.17) is 10.5 Å². The smallest absolute Gasteiger partial charge is 0.162 e. The number of hydrogen-bond donors (Lipinski definition) is 4. The molecule has 0 spiro atoms. The largest absolute Gasteiger partial charge is 0.394 e. The van der Waals surface area contributed by atoms with Gasteiger partial charge in [-0.15, -0.1) is 0 Å². The topological polar surface area (TPSA) is 128 Å². The highest BCUT2D eigenvalue weighted by Crippen LogP contribution is 2.41. The van der Waals surface area contributed by atoms with Gasteiger partial charge in [-0.3, -0.25) is 0 Å². The summed E-state index contributed by atoms with van der Waals surface area (Å²) < 4.78 is 5.70. The summed E-state index contributed by atoms with van der Waals surface area (Å²) in [5.41, 5.74) is 6.87. The van der Waals surface area contributed by atoms with Gasteiger partial charge in [0.15, 0.2) is 17.9 Å². The molecule has 2 aliphatic heterocycles. The first-order valence-corrected chi connectivity index (χ1v) is 10.8. The minimum Gasteiger partial charge on any atom is -0.394 e. The molecule has 1 fully saturated rings. The van der Waals surface area contributed by atoms with Crippen LogP contribution in [0.1, 0.15) is 58.3 Å². The van der Waals surface area contributed by atoms with Crippen molar-refractivity contribution >= 4 is 17.3 Å². The maximum Gasteiger partial charge on any atom is 0.162 e. The number of nitrogens with zero attached hydrogens (tertiary/aromatic N) is 4. The maximum atomic E-state index is 10.4. The standard InChI is InChI=1S/C20H35N5O4/c1-2-3-4-5-6-7-8-9-10-24-13-25(19-15(24)18(21)22-12-23-19)20-17(28)16(27)14(11-26)29-20/h12,14,16-17,20,26-28H,2-11,13H2,1H3,(H2,21,22,23)/t14-,16?,17?,20-/m1/s1. The van der Waals surface area contributed by atoms with Crippen molar-refractivity contribution in [3.8, 4) is 0 Å². The number of aromatic nitrogens is 2. The number of hydrogen-bond acceptors (Lipinski definition) is 9. The molecule has 2 aliphatic rings. The molecule has 164 valence electrons. The van der Waals surface area contributed by atoms with Gasteiger partial charge in [-0.25, -0.2) is 9.97 Å². The van der Waals surface area contributed by atoms with Gasteiger partial charge in [0.1, 0.15) is 30.3 Å². The number of unbranched alkanes of at least 4 members (excludes halogenated alkanes) is 7. The van der Waals surface area contributed by atoms with E-state index in [0.717, 1.165) is 25.1 Å². The first-order valence-electron chi connectivity index (χ1n) is 10.8. The highest BCUT2D eigenvalue weighted by atomic mass is 16.6. The molecule has 2 unspecified atom stereocenters. The molecule has 0 amide bonds. The molecule has 9 nitrogen and oxygen atoms in total. The van der Waals surface area contributed by atoms with Gasteiger partial charge in [0.2, 0.25) is 0 Å². The molecule has 0 radical (unpaired) electrons. The Bertz CT molecular complexity index is 649. The van der Waals surface area contributed by atoms with Gasteiger partial charge in [-0.2, -0.15) is 0 Å². The SMILES string of the molecule is CCCCCCCCCCN1CN([C@@H]2O[C@H](CO)C(O)C2O)c2ncnc(N)c21. The average molecular weight is 410 g/mol. The number of fused-ring (bicyclic) bond motifs is 1. The third-order valence-corrected chi connectivity index (χ3v) is 5.85. The molecule has 1 aromatic rings. The summed E-state index contributed by atoms with van der Waals surface area (Å²) in [4.78, 5) is 12.4. The number of aliphatic hydroxyl groups is 3. The molecule has 3 rings (SSSR count).